The van der Waals surface area contributed by atoms with Gasteiger partial charge in [0.25, 0.3) is 0 Å². The van der Waals surface area contributed by atoms with Gasteiger partial charge in [-0.1, -0.05) is 37.3 Å². The second kappa shape index (κ2) is 7.73. The van der Waals surface area contributed by atoms with E-state index in [0.717, 1.165) is 28.7 Å². The molecule has 0 saturated heterocycles. The number of hydrogen-bond donors (Lipinski definition) is 2. The average Bonchev–Trinajstić information content (AvgIpc) is 2.79. The molecule has 0 aliphatic heterocycles. The van der Waals surface area contributed by atoms with Crippen LogP contribution in [0.2, 0.25) is 0 Å². The van der Waals surface area contributed by atoms with Gasteiger partial charge in [0.1, 0.15) is 0 Å². The minimum Gasteiger partial charge on any atom is -0.395 e. The van der Waals surface area contributed by atoms with Gasteiger partial charge in [0.05, 0.1) is 22.5 Å². The fraction of sp³-hybridized carbons (Fsp3) is 0.438. The Morgan fingerprint density at radius 2 is 2.05 bits per heavy atom. The summed E-state index contributed by atoms with van der Waals surface area (Å²) in [6, 6.07) is 10.3. The molecule has 21 heavy (non-hydrogen) atoms. The molecule has 5 heteroatoms. The Hall–Kier alpha value is -1.17. The summed E-state index contributed by atoms with van der Waals surface area (Å²) < 4.78 is 2.96. The van der Waals surface area contributed by atoms with Crippen LogP contribution in [0, 0.1) is 0 Å². The zero-order valence-corrected chi connectivity index (χ0v) is 14.1. The van der Waals surface area contributed by atoms with Crippen molar-refractivity contribution in [3.8, 4) is 0 Å². The first-order valence-electron chi connectivity index (χ1n) is 7.24. The first kappa shape index (κ1) is 16.2. The molecule has 1 heterocycles. The van der Waals surface area contributed by atoms with Crippen molar-refractivity contribution in [2.24, 2.45) is 7.05 Å². The Labute approximate surface area is 134 Å². The lowest BCUT2D eigenvalue weighted by molar-refractivity contribution is 0.240. The SMILES string of the molecule is CCc1nn(C)c(CNC(CO)Cc2ccccc2)c1Br. The van der Waals surface area contributed by atoms with Crippen molar-refractivity contribution in [2.75, 3.05) is 6.61 Å². The van der Waals surface area contributed by atoms with Gasteiger partial charge >= 0.3 is 0 Å². The van der Waals surface area contributed by atoms with Crippen molar-refractivity contribution in [3.63, 3.8) is 0 Å². The predicted octanol–water partition coefficient (Wildman–Crippen LogP) is 2.44. The summed E-state index contributed by atoms with van der Waals surface area (Å²) in [5.74, 6) is 0. The Balaban J connectivity index is 1.99. The molecule has 0 radical (unpaired) electrons. The molecular formula is C16H22BrN3O. The van der Waals surface area contributed by atoms with Crippen molar-refractivity contribution in [1.82, 2.24) is 15.1 Å². The monoisotopic (exact) mass is 351 g/mol. The van der Waals surface area contributed by atoms with Crippen LogP contribution in [0.25, 0.3) is 0 Å². The van der Waals surface area contributed by atoms with E-state index in [9.17, 15) is 5.11 Å². The third-order valence-corrected chi connectivity index (χ3v) is 4.52. The highest BCUT2D eigenvalue weighted by atomic mass is 79.9. The van der Waals surface area contributed by atoms with Crippen molar-refractivity contribution >= 4 is 15.9 Å². The number of aromatic nitrogens is 2. The smallest absolute Gasteiger partial charge is 0.0767 e. The van der Waals surface area contributed by atoms with Gasteiger partial charge in [0.15, 0.2) is 0 Å². The lowest BCUT2D eigenvalue weighted by Crippen LogP contribution is -2.34. The van der Waals surface area contributed by atoms with E-state index in [0.29, 0.717) is 6.54 Å². The fourth-order valence-corrected chi connectivity index (χ4v) is 3.11. The number of nitrogens with zero attached hydrogens (tertiary/aromatic N) is 2. The van der Waals surface area contributed by atoms with Crippen LogP contribution >= 0.6 is 15.9 Å². The number of aliphatic hydroxyl groups excluding tert-OH is 1. The summed E-state index contributed by atoms with van der Waals surface area (Å²) in [7, 11) is 1.95. The molecule has 0 amide bonds. The largest absolute Gasteiger partial charge is 0.395 e. The van der Waals surface area contributed by atoms with Crippen molar-refractivity contribution < 1.29 is 5.11 Å². The molecule has 0 bridgehead atoms. The van der Waals surface area contributed by atoms with Crippen LogP contribution in [0.5, 0.6) is 0 Å². The van der Waals surface area contributed by atoms with Crippen LogP contribution < -0.4 is 5.32 Å². The van der Waals surface area contributed by atoms with Crippen LogP contribution in [0.4, 0.5) is 0 Å². The third-order valence-electron chi connectivity index (χ3n) is 3.61. The van der Waals surface area contributed by atoms with Crippen molar-refractivity contribution in [3.05, 3.63) is 51.8 Å². The quantitative estimate of drug-likeness (QED) is 0.805. The number of rotatable bonds is 7. The normalized spacial score (nSPS) is 12.6. The van der Waals surface area contributed by atoms with Crippen molar-refractivity contribution in [1.29, 1.82) is 0 Å². The summed E-state index contributed by atoms with van der Waals surface area (Å²) in [6.07, 6.45) is 1.72. The molecule has 1 atom stereocenters. The summed E-state index contributed by atoms with van der Waals surface area (Å²) in [6.45, 7) is 2.89. The predicted molar refractivity (Wildman–Crippen MR) is 88.1 cm³/mol. The Morgan fingerprint density at radius 3 is 2.62 bits per heavy atom. The summed E-state index contributed by atoms with van der Waals surface area (Å²) in [4.78, 5) is 0. The molecular weight excluding hydrogens is 330 g/mol. The van der Waals surface area contributed by atoms with Gasteiger partial charge in [-0.2, -0.15) is 5.10 Å². The lowest BCUT2D eigenvalue weighted by atomic mass is 10.1. The second-order valence-electron chi connectivity index (χ2n) is 5.13. The molecule has 0 aliphatic carbocycles. The third kappa shape index (κ3) is 4.15. The molecule has 1 aromatic heterocycles. The first-order valence-corrected chi connectivity index (χ1v) is 8.03. The van der Waals surface area contributed by atoms with E-state index < -0.39 is 0 Å². The molecule has 1 unspecified atom stereocenters. The molecule has 114 valence electrons. The Kier molecular flexibility index (Phi) is 5.96. The maximum atomic E-state index is 9.56. The maximum Gasteiger partial charge on any atom is 0.0767 e. The van der Waals surface area contributed by atoms with Crippen LogP contribution in [0.1, 0.15) is 23.9 Å². The summed E-state index contributed by atoms with van der Waals surface area (Å²) in [5.41, 5.74) is 3.40. The van der Waals surface area contributed by atoms with E-state index in [1.54, 1.807) is 0 Å². The van der Waals surface area contributed by atoms with E-state index in [4.69, 9.17) is 0 Å². The fourth-order valence-electron chi connectivity index (χ4n) is 2.35. The molecule has 0 fully saturated rings. The highest BCUT2D eigenvalue weighted by molar-refractivity contribution is 9.10. The molecule has 1 aromatic carbocycles. The standard InChI is InChI=1S/C16H22BrN3O/c1-3-14-16(17)15(20(2)19-14)10-18-13(11-21)9-12-7-5-4-6-8-12/h4-8,13,18,21H,3,9-11H2,1-2H3. The topological polar surface area (TPSA) is 50.1 Å². The van der Waals surface area contributed by atoms with Crippen LogP contribution in [-0.4, -0.2) is 27.5 Å². The van der Waals surface area contributed by atoms with E-state index in [2.05, 4.69) is 45.4 Å². The average molecular weight is 352 g/mol. The van der Waals surface area contributed by atoms with Gasteiger partial charge in [-0.15, -0.1) is 0 Å². The van der Waals surface area contributed by atoms with Gasteiger partial charge in [0, 0.05) is 19.6 Å². The van der Waals surface area contributed by atoms with Gasteiger partial charge in [0.2, 0.25) is 0 Å². The van der Waals surface area contributed by atoms with E-state index in [1.165, 1.54) is 5.56 Å². The first-order chi connectivity index (χ1) is 10.2. The molecule has 2 aromatic rings. The minimum atomic E-state index is 0.0410. The molecule has 0 aliphatic rings. The lowest BCUT2D eigenvalue weighted by Gasteiger charge is -2.16. The molecule has 0 spiro atoms. The van der Waals surface area contributed by atoms with E-state index in [-0.39, 0.29) is 12.6 Å². The van der Waals surface area contributed by atoms with Gasteiger partial charge in [-0.05, 0) is 34.3 Å². The zero-order chi connectivity index (χ0) is 15.2. The highest BCUT2D eigenvalue weighted by Crippen LogP contribution is 2.21. The Bertz CT molecular complexity index is 568. The molecule has 2 N–H and O–H groups in total. The van der Waals surface area contributed by atoms with Crippen molar-refractivity contribution in [2.45, 2.75) is 32.4 Å². The summed E-state index contributed by atoms with van der Waals surface area (Å²) >= 11 is 3.62. The zero-order valence-electron chi connectivity index (χ0n) is 12.5. The number of aliphatic hydroxyl groups is 1. The minimum absolute atomic E-state index is 0.0410. The van der Waals surface area contributed by atoms with Crippen LogP contribution in [-0.2, 0) is 26.4 Å². The number of aryl methyl sites for hydroxylation is 2. The summed E-state index contributed by atoms with van der Waals surface area (Å²) in [5, 5.41) is 17.5. The molecule has 4 nitrogen and oxygen atoms in total. The number of benzene rings is 1. The van der Waals surface area contributed by atoms with Gasteiger partial charge in [-0.25, -0.2) is 0 Å². The highest BCUT2D eigenvalue weighted by Gasteiger charge is 2.14. The number of hydrogen-bond acceptors (Lipinski definition) is 3. The Morgan fingerprint density at radius 1 is 1.33 bits per heavy atom. The van der Waals surface area contributed by atoms with Crippen LogP contribution in [0.3, 0.4) is 0 Å². The van der Waals surface area contributed by atoms with E-state index >= 15 is 0 Å². The second-order valence-corrected chi connectivity index (χ2v) is 5.93. The maximum absolute atomic E-state index is 9.56. The van der Waals surface area contributed by atoms with E-state index in [1.807, 2.05) is 29.9 Å². The molecule has 0 saturated carbocycles. The van der Waals surface area contributed by atoms with Gasteiger partial charge in [-0.3, -0.25) is 4.68 Å². The number of halogens is 1. The van der Waals surface area contributed by atoms with Crippen LogP contribution in [0.15, 0.2) is 34.8 Å². The molecule has 2 rings (SSSR count). The van der Waals surface area contributed by atoms with Gasteiger partial charge < -0.3 is 10.4 Å². The number of nitrogens with one attached hydrogen (secondary N) is 1.